The molecule has 0 atom stereocenters. The van der Waals surface area contributed by atoms with Crippen LogP contribution in [0.15, 0.2) is 77.8 Å². The van der Waals surface area contributed by atoms with Gasteiger partial charge in [-0.15, -0.1) is 0 Å². The molecule has 8 nitrogen and oxygen atoms in total. The highest BCUT2D eigenvalue weighted by atomic mass is 32.2. The van der Waals surface area contributed by atoms with Crippen LogP contribution >= 0.6 is 0 Å². The summed E-state index contributed by atoms with van der Waals surface area (Å²) in [6.07, 6.45) is 1.49. The first-order chi connectivity index (χ1) is 17.2. The maximum absolute atomic E-state index is 13.6. The molecule has 0 aliphatic heterocycles. The number of benzene rings is 3. The van der Waals surface area contributed by atoms with Crippen molar-refractivity contribution in [2.75, 3.05) is 7.11 Å². The number of carboxylic acids is 1. The number of hydrogen-bond acceptors (Lipinski definition) is 6. The Bertz CT molecular complexity index is 1470. The maximum Gasteiger partial charge on any atom is 0.303 e. The second-order valence-electron chi connectivity index (χ2n) is 8.44. The van der Waals surface area contributed by atoms with Gasteiger partial charge in [-0.3, -0.25) is 4.79 Å². The molecule has 0 spiro atoms. The van der Waals surface area contributed by atoms with Crippen LogP contribution in [0.4, 0.5) is 0 Å². The first-order valence-electron chi connectivity index (χ1n) is 11.4. The van der Waals surface area contributed by atoms with E-state index in [4.69, 9.17) is 19.3 Å². The van der Waals surface area contributed by atoms with E-state index in [9.17, 15) is 13.2 Å². The van der Waals surface area contributed by atoms with Gasteiger partial charge in [0, 0.05) is 24.1 Å². The molecule has 0 aliphatic rings. The van der Waals surface area contributed by atoms with Crippen LogP contribution in [0.25, 0.3) is 10.9 Å². The lowest BCUT2D eigenvalue weighted by molar-refractivity contribution is -0.136. The van der Waals surface area contributed by atoms with E-state index in [-0.39, 0.29) is 23.8 Å². The highest BCUT2D eigenvalue weighted by Gasteiger charge is 2.22. The second kappa shape index (κ2) is 10.3. The van der Waals surface area contributed by atoms with E-state index in [0.29, 0.717) is 39.5 Å². The number of hydrogen-bond donors (Lipinski definition) is 1. The van der Waals surface area contributed by atoms with Gasteiger partial charge < -0.3 is 19.3 Å². The topological polar surface area (TPSA) is 104 Å². The summed E-state index contributed by atoms with van der Waals surface area (Å²) in [5.74, 6) is 1.34. The average molecular weight is 510 g/mol. The van der Waals surface area contributed by atoms with E-state index in [1.807, 2.05) is 13.8 Å². The summed E-state index contributed by atoms with van der Waals surface area (Å²) in [5, 5.41) is 9.79. The fraction of sp³-hybridized carbons (Fsp3) is 0.222. The summed E-state index contributed by atoms with van der Waals surface area (Å²) in [7, 11) is -2.41. The van der Waals surface area contributed by atoms with Gasteiger partial charge in [-0.2, -0.15) is 0 Å². The number of aromatic nitrogens is 1. The Morgan fingerprint density at radius 1 is 0.917 bits per heavy atom. The number of fused-ring (bicyclic) bond motifs is 1. The first kappa shape index (κ1) is 25.1. The van der Waals surface area contributed by atoms with Gasteiger partial charge in [0.25, 0.3) is 10.0 Å². The van der Waals surface area contributed by atoms with Crippen LogP contribution in [0.1, 0.15) is 25.8 Å². The van der Waals surface area contributed by atoms with Crippen molar-refractivity contribution in [3.05, 3.63) is 78.5 Å². The highest BCUT2D eigenvalue weighted by Crippen LogP contribution is 2.31. The number of methoxy groups -OCH3 is 1. The summed E-state index contributed by atoms with van der Waals surface area (Å²) in [6, 6.07) is 18.4. The lowest BCUT2D eigenvalue weighted by Gasteiger charge is -2.12. The third-order valence-electron chi connectivity index (χ3n) is 5.48. The van der Waals surface area contributed by atoms with E-state index in [0.717, 1.165) is 0 Å². The summed E-state index contributed by atoms with van der Waals surface area (Å²) in [6.45, 7) is 3.77. The Balaban J connectivity index is 1.68. The monoisotopic (exact) mass is 509 g/mol. The minimum atomic E-state index is -3.99. The van der Waals surface area contributed by atoms with Crippen molar-refractivity contribution in [1.82, 2.24) is 3.97 Å². The van der Waals surface area contributed by atoms with Gasteiger partial charge in [0.2, 0.25) is 0 Å². The molecule has 0 fully saturated rings. The molecule has 1 N–H and O–H groups in total. The number of carboxylic acid groups (broad SMARTS) is 1. The van der Waals surface area contributed by atoms with Crippen molar-refractivity contribution in [3.8, 4) is 23.0 Å². The predicted molar refractivity (Wildman–Crippen MR) is 136 cm³/mol. The van der Waals surface area contributed by atoms with Gasteiger partial charge >= 0.3 is 5.97 Å². The molecule has 1 aromatic heterocycles. The van der Waals surface area contributed by atoms with Crippen LogP contribution in [0, 0.1) is 0 Å². The molecule has 1 heterocycles. The second-order valence-corrected chi connectivity index (χ2v) is 10.3. The number of ether oxygens (including phenoxy) is 3. The third-order valence-corrected chi connectivity index (χ3v) is 7.17. The molecule has 3 aromatic carbocycles. The zero-order valence-electron chi connectivity index (χ0n) is 20.2. The fourth-order valence-electron chi connectivity index (χ4n) is 3.80. The van der Waals surface area contributed by atoms with Crippen LogP contribution in [0.5, 0.6) is 23.0 Å². The van der Waals surface area contributed by atoms with Gasteiger partial charge in [0.15, 0.2) is 0 Å². The molecular formula is C27H27NO7S. The molecule has 0 radical (unpaired) electrons. The van der Waals surface area contributed by atoms with Gasteiger partial charge in [-0.1, -0.05) is 0 Å². The molecule has 4 aromatic rings. The van der Waals surface area contributed by atoms with Crippen LogP contribution < -0.4 is 14.2 Å². The van der Waals surface area contributed by atoms with Crippen LogP contribution in [-0.4, -0.2) is 36.7 Å². The van der Waals surface area contributed by atoms with Crippen molar-refractivity contribution in [3.63, 3.8) is 0 Å². The summed E-state index contributed by atoms with van der Waals surface area (Å²) in [5.41, 5.74) is 1.05. The standard InChI is InChI=1S/C27H27NO7S/c1-18(2)34-23-11-14-25-19(4-15-27(29)30)17-28(26(25)16-23)36(31,32)24-12-9-22(10-13-24)35-21-7-5-20(33-3)6-8-21/h5-14,16-18H,4,15H2,1-3H3,(H,29,30). The minimum absolute atomic E-state index is 0.0708. The number of aliphatic carboxylic acids is 1. The van der Waals surface area contributed by atoms with E-state index in [1.54, 1.807) is 61.7 Å². The number of aryl methyl sites for hydroxylation is 1. The zero-order chi connectivity index (χ0) is 25.9. The molecule has 0 saturated carbocycles. The third kappa shape index (κ3) is 5.46. The highest BCUT2D eigenvalue weighted by molar-refractivity contribution is 7.90. The number of carbonyl (C=O) groups is 1. The van der Waals surface area contributed by atoms with Gasteiger partial charge in [0.1, 0.15) is 23.0 Å². The summed E-state index contributed by atoms with van der Waals surface area (Å²) in [4.78, 5) is 11.2. The average Bonchev–Trinajstić information content (AvgIpc) is 3.22. The quantitative estimate of drug-likeness (QED) is 0.302. The normalized spacial score (nSPS) is 11.6. The van der Waals surface area contributed by atoms with Crippen molar-refractivity contribution in [1.29, 1.82) is 0 Å². The lowest BCUT2D eigenvalue weighted by atomic mass is 10.1. The Kier molecular flexibility index (Phi) is 7.21. The molecule has 0 unspecified atom stereocenters. The SMILES string of the molecule is COc1ccc(Oc2ccc(S(=O)(=O)n3cc(CCC(=O)O)c4ccc(OC(C)C)cc43)cc2)cc1. The Hall–Kier alpha value is -3.98. The van der Waals surface area contributed by atoms with E-state index < -0.39 is 16.0 Å². The van der Waals surface area contributed by atoms with Gasteiger partial charge in [-0.05, 0) is 86.5 Å². The fourth-order valence-corrected chi connectivity index (χ4v) is 5.19. The van der Waals surface area contributed by atoms with Gasteiger partial charge in [-0.25, -0.2) is 12.4 Å². The number of rotatable bonds is 10. The van der Waals surface area contributed by atoms with E-state index in [2.05, 4.69) is 0 Å². The maximum atomic E-state index is 13.6. The Labute approximate surface area is 209 Å². The zero-order valence-corrected chi connectivity index (χ0v) is 21.0. The Morgan fingerprint density at radius 2 is 1.50 bits per heavy atom. The predicted octanol–water partition coefficient (Wildman–Crippen LogP) is 5.48. The molecular weight excluding hydrogens is 482 g/mol. The van der Waals surface area contributed by atoms with Crippen LogP contribution in [-0.2, 0) is 21.2 Å². The molecule has 36 heavy (non-hydrogen) atoms. The molecule has 0 saturated heterocycles. The molecule has 0 aliphatic carbocycles. The van der Waals surface area contributed by atoms with Crippen molar-refractivity contribution >= 4 is 26.9 Å². The minimum Gasteiger partial charge on any atom is -0.497 e. The smallest absolute Gasteiger partial charge is 0.303 e. The Morgan fingerprint density at radius 3 is 2.08 bits per heavy atom. The van der Waals surface area contributed by atoms with Gasteiger partial charge in [0.05, 0.1) is 23.6 Å². The summed E-state index contributed by atoms with van der Waals surface area (Å²) < 4.78 is 45.1. The largest absolute Gasteiger partial charge is 0.497 e. The van der Waals surface area contributed by atoms with Crippen molar-refractivity contribution in [2.45, 2.75) is 37.7 Å². The van der Waals surface area contributed by atoms with Crippen molar-refractivity contribution < 1.29 is 32.5 Å². The molecule has 0 bridgehead atoms. The lowest BCUT2D eigenvalue weighted by Crippen LogP contribution is -2.12. The molecule has 188 valence electrons. The van der Waals surface area contributed by atoms with Crippen LogP contribution in [0.2, 0.25) is 0 Å². The molecule has 9 heteroatoms. The number of nitrogens with zero attached hydrogens (tertiary/aromatic N) is 1. The van der Waals surface area contributed by atoms with Crippen molar-refractivity contribution in [2.24, 2.45) is 0 Å². The van der Waals surface area contributed by atoms with Crippen LogP contribution in [0.3, 0.4) is 0 Å². The molecule has 4 rings (SSSR count). The van der Waals surface area contributed by atoms with E-state index in [1.165, 1.54) is 22.3 Å². The van der Waals surface area contributed by atoms with E-state index >= 15 is 0 Å². The first-order valence-corrected chi connectivity index (χ1v) is 12.8. The summed E-state index contributed by atoms with van der Waals surface area (Å²) >= 11 is 0. The molecule has 0 amide bonds.